The zero-order valence-corrected chi connectivity index (χ0v) is 14.4. The number of nitrogens with zero attached hydrogens (tertiary/aromatic N) is 3. The molecule has 0 atom stereocenters. The monoisotopic (exact) mass is 335 g/mol. The Hall–Kier alpha value is -1.80. The topological polar surface area (TPSA) is 107 Å². The van der Waals surface area contributed by atoms with Crippen LogP contribution in [0.25, 0.3) is 0 Å². The second-order valence-corrected chi connectivity index (χ2v) is 7.90. The molecule has 124 valence electrons. The van der Waals surface area contributed by atoms with Crippen molar-refractivity contribution in [2.45, 2.75) is 52.0 Å². The van der Waals surface area contributed by atoms with E-state index in [1.807, 2.05) is 26.2 Å². The highest BCUT2D eigenvalue weighted by atomic mass is 32.1. The number of nitrogens with two attached hydrogens (primary N) is 1. The van der Waals surface area contributed by atoms with Crippen molar-refractivity contribution in [3.05, 3.63) is 22.8 Å². The van der Waals surface area contributed by atoms with Gasteiger partial charge < -0.3 is 15.6 Å². The van der Waals surface area contributed by atoms with Gasteiger partial charge in [-0.15, -0.1) is 11.3 Å². The van der Waals surface area contributed by atoms with Gasteiger partial charge >= 0.3 is 0 Å². The van der Waals surface area contributed by atoms with Gasteiger partial charge in [0.1, 0.15) is 0 Å². The molecule has 1 aliphatic rings. The highest BCUT2D eigenvalue weighted by Crippen LogP contribution is 2.37. The molecule has 0 aromatic carbocycles. The van der Waals surface area contributed by atoms with Crippen molar-refractivity contribution < 1.29 is 9.32 Å². The van der Waals surface area contributed by atoms with Crippen molar-refractivity contribution in [3.63, 3.8) is 0 Å². The molecule has 1 amide bonds. The average molecular weight is 335 g/mol. The summed E-state index contributed by atoms with van der Waals surface area (Å²) in [6, 6.07) is 0. The number of rotatable bonds is 4. The molecule has 0 bridgehead atoms. The van der Waals surface area contributed by atoms with Gasteiger partial charge in [0, 0.05) is 10.8 Å². The van der Waals surface area contributed by atoms with Crippen LogP contribution in [0, 0.1) is 5.41 Å². The van der Waals surface area contributed by atoms with Crippen LogP contribution in [0.4, 0.5) is 5.13 Å². The summed E-state index contributed by atoms with van der Waals surface area (Å²) in [6.07, 6.45) is 3.32. The number of anilines is 1. The Balaban J connectivity index is 1.64. The smallest absolute Gasteiger partial charge is 0.232 e. The van der Waals surface area contributed by atoms with Gasteiger partial charge in [0.05, 0.1) is 17.7 Å². The number of hydrogen-bond donors (Lipinski definition) is 2. The standard InChI is InChI=1S/C15H21N5O2S/c1-14(2,3)12(21)19-13-17-9(8-23-13)7-10-18-11(20-22-10)15(16)5-4-6-15/h8H,4-7,16H2,1-3H3,(H,17,19,21). The van der Waals surface area contributed by atoms with E-state index in [4.69, 9.17) is 10.3 Å². The molecule has 3 N–H and O–H groups in total. The number of carbonyl (C=O) groups is 1. The van der Waals surface area contributed by atoms with Gasteiger partial charge in [-0.1, -0.05) is 25.9 Å². The lowest BCUT2D eigenvalue weighted by atomic mass is 9.77. The fourth-order valence-electron chi connectivity index (χ4n) is 2.20. The van der Waals surface area contributed by atoms with Crippen molar-refractivity contribution in [3.8, 4) is 0 Å². The summed E-state index contributed by atoms with van der Waals surface area (Å²) in [5, 5.41) is 9.26. The van der Waals surface area contributed by atoms with Crippen LogP contribution in [0.2, 0.25) is 0 Å². The summed E-state index contributed by atoms with van der Waals surface area (Å²) >= 11 is 1.38. The van der Waals surface area contributed by atoms with Gasteiger partial charge in [-0.05, 0) is 19.3 Å². The number of aromatic nitrogens is 3. The van der Waals surface area contributed by atoms with Gasteiger partial charge in [0.15, 0.2) is 11.0 Å². The van der Waals surface area contributed by atoms with Crippen LogP contribution in [0.15, 0.2) is 9.90 Å². The van der Waals surface area contributed by atoms with Crippen LogP contribution >= 0.6 is 11.3 Å². The summed E-state index contributed by atoms with van der Waals surface area (Å²) in [5.41, 5.74) is 6.10. The molecule has 2 heterocycles. The Kier molecular flexibility index (Phi) is 3.97. The molecule has 2 aromatic rings. The summed E-state index contributed by atoms with van der Waals surface area (Å²) in [4.78, 5) is 20.7. The van der Waals surface area contributed by atoms with Crippen LogP contribution in [0.1, 0.15) is 57.4 Å². The van der Waals surface area contributed by atoms with Gasteiger partial charge in [0.25, 0.3) is 0 Å². The van der Waals surface area contributed by atoms with E-state index in [2.05, 4.69) is 20.4 Å². The minimum absolute atomic E-state index is 0.0615. The number of hydrogen-bond acceptors (Lipinski definition) is 7. The average Bonchev–Trinajstić information content (AvgIpc) is 3.05. The van der Waals surface area contributed by atoms with E-state index < -0.39 is 11.0 Å². The molecular formula is C15H21N5O2S. The van der Waals surface area contributed by atoms with Crippen LogP contribution in [-0.2, 0) is 16.8 Å². The zero-order valence-electron chi connectivity index (χ0n) is 13.5. The lowest BCUT2D eigenvalue weighted by Crippen LogP contribution is -2.44. The third-order valence-electron chi connectivity index (χ3n) is 3.94. The summed E-state index contributed by atoms with van der Waals surface area (Å²) < 4.78 is 5.27. The number of nitrogens with one attached hydrogen (secondary N) is 1. The lowest BCUT2D eigenvalue weighted by Gasteiger charge is -2.34. The predicted octanol–water partition coefficient (Wildman–Crippen LogP) is 2.44. The summed E-state index contributed by atoms with van der Waals surface area (Å²) in [5.74, 6) is 1.01. The van der Waals surface area contributed by atoms with E-state index >= 15 is 0 Å². The SMILES string of the molecule is CC(C)(C)C(=O)Nc1nc(Cc2nc(C3(N)CCC3)no2)cs1. The van der Waals surface area contributed by atoms with Crippen LogP contribution in [-0.4, -0.2) is 21.0 Å². The minimum atomic E-state index is -0.453. The Morgan fingerprint density at radius 2 is 2.17 bits per heavy atom. The fraction of sp³-hybridized carbons (Fsp3) is 0.600. The van der Waals surface area contributed by atoms with E-state index in [1.165, 1.54) is 11.3 Å². The Labute approximate surface area is 138 Å². The van der Waals surface area contributed by atoms with E-state index in [0.29, 0.717) is 23.3 Å². The number of thiazole rings is 1. The number of amides is 1. The molecular weight excluding hydrogens is 314 g/mol. The first-order chi connectivity index (χ1) is 10.8. The fourth-order valence-corrected chi connectivity index (χ4v) is 2.90. The molecule has 0 radical (unpaired) electrons. The number of carbonyl (C=O) groups excluding carboxylic acids is 1. The molecule has 0 aliphatic heterocycles. The Morgan fingerprint density at radius 3 is 2.78 bits per heavy atom. The minimum Gasteiger partial charge on any atom is -0.339 e. The molecule has 7 nitrogen and oxygen atoms in total. The maximum absolute atomic E-state index is 12.0. The highest BCUT2D eigenvalue weighted by molar-refractivity contribution is 7.13. The first-order valence-corrected chi connectivity index (χ1v) is 8.52. The van der Waals surface area contributed by atoms with Crippen molar-refractivity contribution in [2.75, 3.05) is 5.32 Å². The van der Waals surface area contributed by atoms with Gasteiger partial charge in [-0.25, -0.2) is 4.98 Å². The Morgan fingerprint density at radius 1 is 1.43 bits per heavy atom. The molecule has 8 heteroatoms. The molecule has 3 rings (SSSR count). The van der Waals surface area contributed by atoms with Crippen molar-refractivity contribution >= 4 is 22.4 Å². The zero-order chi connectivity index (χ0) is 16.7. The maximum Gasteiger partial charge on any atom is 0.232 e. The molecule has 0 unspecified atom stereocenters. The molecule has 23 heavy (non-hydrogen) atoms. The molecule has 1 fully saturated rings. The largest absolute Gasteiger partial charge is 0.339 e. The van der Waals surface area contributed by atoms with Gasteiger partial charge in [-0.2, -0.15) is 4.98 Å². The molecule has 2 aromatic heterocycles. The summed E-state index contributed by atoms with van der Waals surface area (Å²) in [7, 11) is 0. The molecule has 0 saturated heterocycles. The molecule has 1 aliphatic carbocycles. The van der Waals surface area contributed by atoms with Gasteiger partial charge in [-0.3, -0.25) is 4.79 Å². The van der Waals surface area contributed by atoms with Crippen molar-refractivity contribution in [1.82, 2.24) is 15.1 Å². The van der Waals surface area contributed by atoms with E-state index in [0.717, 1.165) is 25.0 Å². The summed E-state index contributed by atoms with van der Waals surface area (Å²) in [6.45, 7) is 5.58. The van der Waals surface area contributed by atoms with E-state index in [1.54, 1.807) is 0 Å². The third-order valence-corrected chi connectivity index (χ3v) is 4.75. The quantitative estimate of drug-likeness (QED) is 0.888. The van der Waals surface area contributed by atoms with Crippen LogP contribution in [0.5, 0.6) is 0 Å². The normalized spacial score (nSPS) is 16.9. The van der Waals surface area contributed by atoms with Crippen molar-refractivity contribution in [2.24, 2.45) is 11.1 Å². The van der Waals surface area contributed by atoms with E-state index in [9.17, 15) is 4.79 Å². The second kappa shape index (κ2) is 5.68. The second-order valence-electron chi connectivity index (χ2n) is 7.05. The molecule has 1 saturated carbocycles. The van der Waals surface area contributed by atoms with Crippen LogP contribution < -0.4 is 11.1 Å². The van der Waals surface area contributed by atoms with Gasteiger partial charge in [0.2, 0.25) is 11.8 Å². The van der Waals surface area contributed by atoms with Crippen LogP contribution in [0.3, 0.4) is 0 Å². The molecule has 0 spiro atoms. The first-order valence-electron chi connectivity index (χ1n) is 7.64. The van der Waals surface area contributed by atoms with Crippen molar-refractivity contribution in [1.29, 1.82) is 0 Å². The maximum atomic E-state index is 12.0. The highest BCUT2D eigenvalue weighted by Gasteiger charge is 2.39. The first kappa shape index (κ1) is 16.1. The lowest BCUT2D eigenvalue weighted by molar-refractivity contribution is -0.123. The Bertz CT molecular complexity index is 712. The van der Waals surface area contributed by atoms with E-state index in [-0.39, 0.29) is 5.91 Å². The third kappa shape index (κ3) is 3.42. The predicted molar refractivity (Wildman–Crippen MR) is 87.0 cm³/mol.